The Morgan fingerprint density at radius 3 is 2.45 bits per heavy atom. The molecule has 0 aliphatic heterocycles. The van der Waals surface area contributed by atoms with Gasteiger partial charge in [-0.15, -0.1) is 11.8 Å². The lowest BCUT2D eigenvalue weighted by atomic mass is 10.1. The minimum atomic E-state index is -4.00. The fraction of sp³-hybridized carbons (Fsp3) is 0.125. The summed E-state index contributed by atoms with van der Waals surface area (Å²) in [5.74, 6) is 0.448. The number of hydrogen-bond donors (Lipinski definition) is 1. The number of anilines is 1. The smallest absolute Gasteiger partial charge is 0.219 e. The minimum absolute atomic E-state index is 0.0789. The maximum absolute atomic E-state index is 13.3. The fourth-order valence-corrected chi connectivity index (χ4v) is 5.62. The predicted molar refractivity (Wildman–Crippen MR) is 129 cm³/mol. The zero-order chi connectivity index (χ0) is 22.4. The monoisotopic (exact) mass is 468 g/mol. The van der Waals surface area contributed by atoms with Crippen LogP contribution in [0, 0.1) is 25.2 Å². The molecule has 1 N–H and O–H groups in total. The van der Waals surface area contributed by atoms with Crippen LogP contribution in [0.1, 0.15) is 16.7 Å². The molecule has 0 aliphatic rings. The van der Waals surface area contributed by atoms with Crippen LogP contribution in [0.5, 0.6) is 0 Å². The molecule has 0 aliphatic carbocycles. The summed E-state index contributed by atoms with van der Waals surface area (Å²) in [7, 11) is -4.00. The molecule has 0 saturated carbocycles. The Hall–Kier alpha value is -2.72. The molecule has 0 heterocycles. The number of halogens is 1. The third-order valence-corrected chi connectivity index (χ3v) is 7.71. The van der Waals surface area contributed by atoms with E-state index in [4.69, 9.17) is 11.6 Å². The largest absolute Gasteiger partial charge is 0.348 e. The van der Waals surface area contributed by atoms with E-state index in [1.54, 1.807) is 24.3 Å². The first-order chi connectivity index (χ1) is 14.8. The normalized spacial score (nSPS) is 12.1. The molecule has 0 radical (unpaired) electrons. The van der Waals surface area contributed by atoms with Gasteiger partial charge in [0.15, 0.2) is 4.91 Å². The number of allylic oxidation sites excluding steroid dienone is 1. The molecule has 0 fully saturated rings. The van der Waals surface area contributed by atoms with Gasteiger partial charge in [0.05, 0.1) is 4.90 Å². The summed E-state index contributed by atoms with van der Waals surface area (Å²) >= 11 is 7.34. The molecule has 3 aromatic rings. The Kier molecular flexibility index (Phi) is 7.45. The molecule has 0 aromatic heterocycles. The third-order valence-electron chi connectivity index (χ3n) is 4.54. The molecule has 7 heteroatoms. The zero-order valence-electron chi connectivity index (χ0n) is 17.1. The maximum Gasteiger partial charge on any atom is 0.219 e. The van der Waals surface area contributed by atoms with Gasteiger partial charge in [-0.1, -0.05) is 54.1 Å². The number of benzene rings is 3. The van der Waals surface area contributed by atoms with Crippen LogP contribution in [0.25, 0.3) is 0 Å². The van der Waals surface area contributed by atoms with Crippen molar-refractivity contribution in [3.63, 3.8) is 0 Å². The van der Waals surface area contributed by atoms with Crippen molar-refractivity contribution in [3.8, 4) is 6.07 Å². The van der Waals surface area contributed by atoms with Gasteiger partial charge < -0.3 is 5.32 Å². The first-order valence-corrected chi connectivity index (χ1v) is 12.3. The lowest BCUT2D eigenvalue weighted by Crippen LogP contribution is -2.11. The molecule has 0 spiro atoms. The number of nitrogens with zero attached hydrogens (tertiary/aromatic N) is 1. The molecule has 4 nitrogen and oxygen atoms in total. The highest BCUT2D eigenvalue weighted by Crippen LogP contribution is 2.32. The molecule has 3 aromatic carbocycles. The van der Waals surface area contributed by atoms with E-state index in [2.05, 4.69) is 5.32 Å². The van der Waals surface area contributed by atoms with Crippen molar-refractivity contribution < 1.29 is 8.42 Å². The van der Waals surface area contributed by atoms with Gasteiger partial charge >= 0.3 is 0 Å². The molecular weight excluding hydrogens is 448 g/mol. The van der Waals surface area contributed by atoms with Crippen LogP contribution in [-0.2, 0) is 15.6 Å². The first kappa shape index (κ1) is 23.0. The number of thioether (sulfide) groups is 1. The Balaban J connectivity index is 2.08. The fourth-order valence-electron chi connectivity index (χ4n) is 2.88. The Morgan fingerprint density at radius 2 is 1.77 bits per heavy atom. The quantitative estimate of drug-likeness (QED) is 0.402. The minimum Gasteiger partial charge on any atom is -0.348 e. The van der Waals surface area contributed by atoms with Gasteiger partial charge in [-0.3, -0.25) is 0 Å². The lowest BCUT2D eigenvalue weighted by Gasteiger charge is -2.16. The second-order valence-corrected chi connectivity index (χ2v) is 10.3. The zero-order valence-corrected chi connectivity index (χ0v) is 19.5. The number of aryl methyl sites for hydroxylation is 2. The molecule has 0 saturated heterocycles. The Morgan fingerprint density at radius 1 is 1.03 bits per heavy atom. The van der Waals surface area contributed by atoms with Crippen LogP contribution in [0.2, 0.25) is 5.02 Å². The summed E-state index contributed by atoms with van der Waals surface area (Å²) in [6.45, 7) is 3.89. The van der Waals surface area contributed by atoms with Crippen molar-refractivity contribution in [2.24, 2.45) is 0 Å². The van der Waals surface area contributed by atoms with Crippen LogP contribution in [0.4, 0.5) is 5.69 Å². The maximum atomic E-state index is 13.3. The molecule has 0 atom stereocenters. The highest BCUT2D eigenvalue weighted by molar-refractivity contribution is 8.04. The third kappa shape index (κ3) is 5.71. The summed E-state index contributed by atoms with van der Waals surface area (Å²) in [5.41, 5.74) is 3.65. The van der Waals surface area contributed by atoms with Gasteiger partial charge in [0.1, 0.15) is 11.1 Å². The second kappa shape index (κ2) is 10.1. The number of sulfone groups is 1. The number of hydrogen-bond acceptors (Lipinski definition) is 5. The van der Waals surface area contributed by atoms with Crippen molar-refractivity contribution in [3.05, 3.63) is 104 Å². The summed E-state index contributed by atoms with van der Waals surface area (Å²) in [6, 6.07) is 23.1. The van der Waals surface area contributed by atoms with E-state index in [1.165, 1.54) is 23.9 Å². The van der Waals surface area contributed by atoms with Crippen LogP contribution in [0.3, 0.4) is 0 Å². The van der Waals surface area contributed by atoms with E-state index in [1.807, 2.05) is 56.3 Å². The van der Waals surface area contributed by atoms with Gasteiger partial charge in [-0.25, -0.2) is 8.42 Å². The molecule has 158 valence electrons. The SMILES string of the molecule is Cc1ccc(C)c(N/C(SCc2cccc(Cl)c2)=C(/C#N)S(=O)(=O)c2ccccc2)c1. The molecule has 3 rings (SSSR count). The van der Waals surface area contributed by atoms with Crippen LogP contribution < -0.4 is 5.32 Å². The summed E-state index contributed by atoms with van der Waals surface area (Å²) in [5, 5.41) is 14.0. The van der Waals surface area contributed by atoms with E-state index in [-0.39, 0.29) is 14.8 Å². The average Bonchev–Trinajstić information content (AvgIpc) is 2.75. The summed E-state index contributed by atoms with van der Waals surface area (Å²) in [6.07, 6.45) is 0. The van der Waals surface area contributed by atoms with Crippen LogP contribution in [0.15, 0.2) is 87.6 Å². The van der Waals surface area contributed by atoms with Crippen LogP contribution >= 0.6 is 23.4 Å². The van der Waals surface area contributed by atoms with Crippen molar-refractivity contribution in [1.29, 1.82) is 5.26 Å². The standard InChI is InChI=1S/C24H21ClN2O2S2/c1-17-11-12-18(2)22(13-17)27-24(30-16-19-7-6-8-20(25)14-19)23(15-26)31(28,29)21-9-4-3-5-10-21/h3-14,27H,16H2,1-2H3/b24-23+. The van der Waals surface area contributed by atoms with Crippen molar-refractivity contribution in [2.45, 2.75) is 24.5 Å². The summed E-state index contributed by atoms with van der Waals surface area (Å²) in [4.78, 5) is -0.234. The second-order valence-electron chi connectivity index (χ2n) is 6.95. The highest BCUT2D eigenvalue weighted by atomic mass is 35.5. The van der Waals surface area contributed by atoms with E-state index < -0.39 is 9.84 Å². The predicted octanol–water partition coefficient (Wildman–Crippen LogP) is 6.47. The molecule has 31 heavy (non-hydrogen) atoms. The van der Waals surface area contributed by atoms with E-state index >= 15 is 0 Å². The summed E-state index contributed by atoms with van der Waals surface area (Å²) < 4.78 is 26.5. The van der Waals surface area contributed by atoms with E-state index in [0.29, 0.717) is 10.8 Å². The molecule has 0 unspecified atom stereocenters. The van der Waals surface area contributed by atoms with Gasteiger partial charge in [0, 0.05) is 16.5 Å². The molecule has 0 bridgehead atoms. The topological polar surface area (TPSA) is 70.0 Å². The van der Waals surface area contributed by atoms with E-state index in [9.17, 15) is 13.7 Å². The van der Waals surface area contributed by atoms with Gasteiger partial charge in [0.2, 0.25) is 9.84 Å². The highest BCUT2D eigenvalue weighted by Gasteiger charge is 2.25. The van der Waals surface area contributed by atoms with Gasteiger partial charge in [-0.2, -0.15) is 5.26 Å². The van der Waals surface area contributed by atoms with Crippen molar-refractivity contribution >= 4 is 38.9 Å². The van der Waals surface area contributed by atoms with Gasteiger partial charge in [0.25, 0.3) is 0 Å². The first-order valence-electron chi connectivity index (χ1n) is 9.47. The lowest BCUT2D eigenvalue weighted by molar-refractivity contribution is 0.603. The Bertz CT molecular complexity index is 1260. The number of rotatable bonds is 7. The molecule has 0 amide bonds. The average molecular weight is 469 g/mol. The number of nitriles is 1. The van der Waals surface area contributed by atoms with Crippen LogP contribution in [-0.4, -0.2) is 8.42 Å². The van der Waals surface area contributed by atoms with Crippen molar-refractivity contribution in [1.82, 2.24) is 0 Å². The molecular formula is C24H21ClN2O2S2. The number of nitrogens with one attached hydrogen (secondary N) is 1. The van der Waals surface area contributed by atoms with E-state index in [0.717, 1.165) is 22.4 Å². The Labute approximate surface area is 192 Å². The van der Waals surface area contributed by atoms with Gasteiger partial charge in [-0.05, 0) is 60.9 Å². The van der Waals surface area contributed by atoms with Crippen molar-refractivity contribution in [2.75, 3.05) is 5.32 Å².